The van der Waals surface area contributed by atoms with Crippen LogP contribution in [-0.4, -0.2) is 25.2 Å². The predicted molar refractivity (Wildman–Crippen MR) is 77.3 cm³/mol. The van der Waals surface area contributed by atoms with Crippen LogP contribution in [0.15, 0.2) is 30.3 Å². The molecule has 0 saturated carbocycles. The number of nitrogens with zero attached hydrogens (tertiary/aromatic N) is 2. The number of amides is 1. The van der Waals surface area contributed by atoms with Crippen molar-refractivity contribution in [3.05, 3.63) is 30.3 Å². The number of hydrogen-bond donors (Lipinski definition) is 1. The SMILES string of the molecule is Cl.N#CC1(C(N)=O)CCN(c2ccccc2)CC1C(F)(F)F. The predicted octanol–water partition coefficient (Wildman–Crippen LogP) is 2.49. The summed E-state index contributed by atoms with van der Waals surface area (Å²) in [5.74, 6) is -3.30. The number of nitriles is 1. The van der Waals surface area contributed by atoms with Gasteiger partial charge in [0.2, 0.25) is 5.91 Å². The van der Waals surface area contributed by atoms with Crippen molar-refractivity contribution in [2.75, 3.05) is 18.0 Å². The maximum atomic E-state index is 13.3. The summed E-state index contributed by atoms with van der Waals surface area (Å²) in [6.07, 6.45) is -4.91. The van der Waals surface area contributed by atoms with E-state index >= 15 is 0 Å². The molecular formula is C14H15ClF3N3O. The first-order valence-electron chi connectivity index (χ1n) is 6.39. The van der Waals surface area contributed by atoms with Gasteiger partial charge in [-0.15, -0.1) is 12.4 Å². The Labute approximate surface area is 132 Å². The van der Waals surface area contributed by atoms with Crippen LogP contribution in [0.25, 0.3) is 0 Å². The molecule has 1 aliphatic rings. The zero-order valence-corrected chi connectivity index (χ0v) is 12.3. The Bertz CT molecular complexity index is 573. The molecular weight excluding hydrogens is 319 g/mol. The van der Waals surface area contributed by atoms with E-state index < -0.39 is 30.0 Å². The molecule has 1 saturated heterocycles. The molecule has 1 aromatic rings. The number of benzene rings is 1. The second-order valence-electron chi connectivity index (χ2n) is 5.07. The maximum Gasteiger partial charge on any atom is 0.395 e. The lowest BCUT2D eigenvalue weighted by Gasteiger charge is -2.43. The van der Waals surface area contributed by atoms with Crippen LogP contribution >= 0.6 is 12.4 Å². The number of carbonyl (C=O) groups is 1. The van der Waals surface area contributed by atoms with Crippen molar-refractivity contribution >= 4 is 24.0 Å². The Morgan fingerprint density at radius 2 is 1.95 bits per heavy atom. The van der Waals surface area contributed by atoms with Crippen LogP contribution in [0, 0.1) is 22.7 Å². The maximum absolute atomic E-state index is 13.3. The monoisotopic (exact) mass is 333 g/mol. The van der Waals surface area contributed by atoms with Crippen LogP contribution in [0.3, 0.4) is 0 Å². The van der Waals surface area contributed by atoms with Crippen LogP contribution in [0.2, 0.25) is 0 Å². The number of halogens is 4. The second-order valence-corrected chi connectivity index (χ2v) is 5.07. The molecule has 2 rings (SSSR count). The van der Waals surface area contributed by atoms with Crippen molar-refractivity contribution in [1.82, 2.24) is 0 Å². The van der Waals surface area contributed by atoms with Gasteiger partial charge >= 0.3 is 6.18 Å². The minimum Gasteiger partial charge on any atom is -0.371 e. The van der Waals surface area contributed by atoms with Gasteiger partial charge in [0.15, 0.2) is 5.41 Å². The molecule has 1 aromatic carbocycles. The van der Waals surface area contributed by atoms with Gasteiger partial charge < -0.3 is 10.6 Å². The molecule has 0 bridgehead atoms. The first-order chi connectivity index (χ1) is 9.81. The quantitative estimate of drug-likeness (QED) is 0.904. The molecule has 1 fully saturated rings. The number of rotatable bonds is 2. The molecule has 1 heterocycles. The Hall–Kier alpha value is -1.94. The smallest absolute Gasteiger partial charge is 0.371 e. The van der Waals surface area contributed by atoms with Crippen molar-refractivity contribution in [2.45, 2.75) is 12.6 Å². The summed E-state index contributed by atoms with van der Waals surface area (Å²) in [6.45, 7) is -0.281. The zero-order chi connectivity index (χ0) is 15.7. The molecule has 120 valence electrons. The second kappa shape index (κ2) is 6.44. The molecule has 8 heteroatoms. The summed E-state index contributed by atoms with van der Waals surface area (Å²) in [5.41, 5.74) is 3.54. The normalized spacial score (nSPS) is 25.0. The number of anilines is 1. The molecule has 2 N–H and O–H groups in total. The van der Waals surface area contributed by atoms with Gasteiger partial charge in [-0.3, -0.25) is 4.79 Å². The molecule has 0 aliphatic carbocycles. The lowest BCUT2D eigenvalue weighted by atomic mass is 9.70. The van der Waals surface area contributed by atoms with Crippen molar-refractivity contribution < 1.29 is 18.0 Å². The highest BCUT2D eigenvalue weighted by atomic mass is 35.5. The molecule has 1 amide bonds. The Balaban J connectivity index is 0.00000242. The minimum atomic E-state index is -4.67. The average molecular weight is 334 g/mol. The number of primary amides is 1. The largest absolute Gasteiger partial charge is 0.395 e. The van der Waals surface area contributed by atoms with Crippen LogP contribution in [-0.2, 0) is 4.79 Å². The van der Waals surface area contributed by atoms with Gasteiger partial charge in [-0.1, -0.05) is 18.2 Å². The summed E-state index contributed by atoms with van der Waals surface area (Å²) >= 11 is 0. The van der Waals surface area contributed by atoms with Crippen molar-refractivity contribution in [2.24, 2.45) is 17.1 Å². The molecule has 0 aromatic heterocycles. The van der Waals surface area contributed by atoms with Crippen molar-refractivity contribution in [3.63, 3.8) is 0 Å². The van der Waals surface area contributed by atoms with Gasteiger partial charge in [-0.25, -0.2) is 0 Å². The summed E-state index contributed by atoms with van der Waals surface area (Å²) in [4.78, 5) is 13.0. The van der Waals surface area contributed by atoms with Crippen molar-refractivity contribution in [3.8, 4) is 6.07 Å². The van der Waals surface area contributed by atoms with Crippen LogP contribution < -0.4 is 10.6 Å². The van der Waals surface area contributed by atoms with Gasteiger partial charge in [0.05, 0.1) is 12.0 Å². The average Bonchev–Trinajstić information content (AvgIpc) is 2.46. The van der Waals surface area contributed by atoms with E-state index in [1.54, 1.807) is 30.3 Å². The van der Waals surface area contributed by atoms with Crippen LogP contribution in [0.1, 0.15) is 6.42 Å². The molecule has 2 unspecified atom stereocenters. The number of nitrogens with two attached hydrogens (primary N) is 1. The van der Waals surface area contributed by atoms with Gasteiger partial charge in [-0.05, 0) is 18.6 Å². The standard InChI is InChI=1S/C14H14F3N3O.ClH/c15-14(16,17)11-8-20(10-4-2-1-3-5-10)7-6-13(11,9-18)12(19)21;/h1-5,11H,6-8H2,(H2,19,21);1H. The van der Waals surface area contributed by atoms with E-state index in [0.717, 1.165) is 0 Å². The lowest BCUT2D eigenvalue weighted by molar-refractivity contribution is -0.201. The van der Waals surface area contributed by atoms with Crippen molar-refractivity contribution in [1.29, 1.82) is 5.26 Å². The van der Waals surface area contributed by atoms with Gasteiger partial charge in [0.1, 0.15) is 0 Å². The van der Waals surface area contributed by atoms with Crippen LogP contribution in [0.4, 0.5) is 18.9 Å². The third-order valence-electron chi connectivity index (χ3n) is 3.93. The molecule has 0 radical (unpaired) electrons. The summed E-state index contributed by atoms with van der Waals surface area (Å²) in [5, 5.41) is 9.13. The minimum absolute atomic E-state index is 0. The number of carbonyl (C=O) groups excluding carboxylic acids is 1. The summed E-state index contributed by atoms with van der Waals surface area (Å²) < 4.78 is 39.9. The first-order valence-corrected chi connectivity index (χ1v) is 6.39. The van der Waals surface area contributed by atoms with Gasteiger partial charge in [0.25, 0.3) is 0 Å². The third kappa shape index (κ3) is 3.12. The van der Waals surface area contributed by atoms with Crippen LogP contribution in [0.5, 0.6) is 0 Å². The fourth-order valence-electron chi connectivity index (χ4n) is 2.69. The third-order valence-corrected chi connectivity index (χ3v) is 3.93. The Kier molecular flexibility index (Phi) is 5.30. The molecule has 22 heavy (non-hydrogen) atoms. The molecule has 2 atom stereocenters. The zero-order valence-electron chi connectivity index (χ0n) is 11.5. The number of hydrogen-bond acceptors (Lipinski definition) is 3. The number of para-hydroxylation sites is 1. The Morgan fingerprint density at radius 3 is 2.41 bits per heavy atom. The molecule has 4 nitrogen and oxygen atoms in total. The van der Waals surface area contributed by atoms with Gasteiger partial charge in [-0.2, -0.15) is 18.4 Å². The van der Waals surface area contributed by atoms with E-state index in [4.69, 9.17) is 11.0 Å². The Morgan fingerprint density at radius 1 is 1.36 bits per heavy atom. The highest BCUT2D eigenvalue weighted by Gasteiger charge is 2.59. The van der Waals surface area contributed by atoms with E-state index in [-0.39, 0.29) is 25.4 Å². The summed E-state index contributed by atoms with van der Waals surface area (Å²) in [6, 6.07) is 10.1. The van der Waals surface area contributed by atoms with E-state index in [9.17, 15) is 18.0 Å². The first kappa shape index (κ1) is 18.1. The molecule has 1 aliphatic heterocycles. The van der Waals surface area contributed by atoms with E-state index in [1.807, 2.05) is 0 Å². The number of alkyl halides is 3. The highest BCUT2D eigenvalue weighted by Crippen LogP contribution is 2.46. The topological polar surface area (TPSA) is 70.1 Å². The van der Waals surface area contributed by atoms with E-state index in [0.29, 0.717) is 5.69 Å². The van der Waals surface area contributed by atoms with E-state index in [1.165, 1.54) is 11.0 Å². The fourth-order valence-corrected chi connectivity index (χ4v) is 2.69. The highest BCUT2D eigenvalue weighted by molar-refractivity contribution is 5.85. The fraction of sp³-hybridized carbons (Fsp3) is 0.429. The summed E-state index contributed by atoms with van der Waals surface area (Å²) in [7, 11) is 0. The lowest BCUT2D eigenvalue weighted by Crippen LogP contribution is -2.57. The van der Waals surface area contributed by atoms with Gasteiger partial charge in [0, 0.05) is 18.8 Å². The molecule has 0 spiro atoms. The van der Waals surface area contributed by atoms with E-state index in [2.05, 4.69) is 0 Å². The number of piperidine rings is 1.